The zero-order valence-corrected chi connectivity index (χ0v) is 9.71. The molecule has 0 atom stereocenters. The number of fused-ring (bicyclic) bond motifs is 1. The van der Waals surface area contributed by atoms with Crippen molar-refractivity contribution in [3.8, 4) is 0 Å². The molecule has 4 nitrogen and oxygen atoms in total. The maximum atomic E-state index is 7.16. The molecular formula is C12H20N4. The van der Waals surface area contributed by atoms with Gasteiger partial charge in [0.15, 0.2) is 0 Å². The molecule has 1 aliphatic rings. The van der Waals surface area contributed by atoms with E-state index in [4.69, 9.17) is 11.1 Å². The summed E-state index contributed by atoms with van der Waals surface area (Å²) < 4.78 is 2.29. The van der Waals surface area contributed by atoms with Crippen LogP contribution >= 0.6 is 0 Å². The molecule has 1 heterocycles. The monoisotopic (exact) mass is 220 g/mol. The van der Waals surface area contributed by atoms with Crippen LogP contribution < -0.4 is 5.73 Å². The summed E-state index contributed by atoms with van der Waals surface area (Å²) in [5.74, 6) is 0.299. The quantitative estimate of drug-likeness (QED) is 0.452. The second-order valence-electron chi connectivity index (χ2n) is 4.52. The van der Waals surface area contributed by atoms with Crippen LogP contribution in [0.1, 0.15) is 43.5 Å². The first-order valence-electron chi connectivity index (χ1n) is 6.13. The Kier molecular flexibility index (Phi) is 3.59. The molecule has 88 valence electrons. The fourth-order valence-corrected chi connectivity index (χ4v) is 2.32. The molecule has 0 fully saturated rings. The minimum atomic E-state index is 0.299. The predicted octanol–water partition coefficient (Wildman–Crippen LogP) is 1.87. The Hall–Kier alpha value is -1.32. The highest BCUT2D eigenvalue weighted by Crippen LogP contribution is 2.20. The highest BCUT2D eigenvalue weighted by molar-refractivity contribution is 5.76. The van der Waals surface area contributed by atoms with Crippen LogP contribution in [0.15, 0.2) is 6.33 Å². The average molecular weight is 220 g/mol. The van der Waals surface area contributed by atoms with Gasteiger partial charge in [0.2, 0.25) is 0 Å². The van der Waals surface area contributed by atoms with Crippen LogP contribution in [0.3, 0.4) is 0 Å². The molecule has 0 aliphatic heterocycles. The zero-order chi connectivity index (χ0) is 11.4. The molecule has 0 bridgehead atoms. The number of unbranched alkanes of at least 4 members (excludes halogenated alkanes) is 1. The van der Waals surface area contributed by atoms with E-state index in [1.165, 1.54) is 30.7 Å². The lowest BCUT2D eigenvalue weighted by Gasteiger charge is -2.13. The molecule has 16 heavy (non-hydrogen) atoms. The summed E-state index contributed by atoms with van der Waals surface area (Å²) >= 11 is 0. The molecule has 2 rings (SSSR count). The summed E-state index contributed by atoms with van der Waals surface area (Å²) in [4.78, 5) is 4.47. The minimum absolute atomic E-state index is 0.299. The van der Waals surface area contributed by atoms with Gasteiger partial charge in [-0.25, -0.2) is 4.98 Å². The lowest BCUT2D eigenvalue weighted by Crippen LogP contribution is -2.11. The Balaban J connectivity index is 1.85. The standard InChI is InChI=1S/C12H20N4/c13-12(14)7-3-4-8-16-9-15-10-5-1-2-6-11(10)16/h9H,1-8H2,(H3,13,14). The molecule has 3 N–H and O–H groups in total. The second-order valence-corrected chi connectivity index (χ2v) is 4.52. The molecule has 4 heteroatoms. The van der Waals surface area contributed by atoms with Crippen molar-refractivity contribution in [1.82, 2.24) is 9.55 Å². The summed E-state index contributed by atoms with van der Waals surface area (Å²) in [6.45, 7) is 1.02. The maximum absolute atomic E-state index is 7.16. The lowest BCUT2D eigenvalue weighted by molar-refractivity contribution is 0.570. The van der Waals surface area contributed by atoms with Crippen LogP contribution in [0.25, 0.3) is 0 Å². The minimum Gasteiger partial charge on any atom is -0.388 e. The van der Waals surface area contributed by atoms with Crippen molar-refractivity contribution >= 4 is 5.84 Å². The van der Waals surface area contributed by atoms with E-state index in [0.717, 1.165) is 32.2 Å². The van der Waals surface area contributed by atoms with Gasteiger partial charge in [0.1, 0.15) is 0 Å². The normalized spacial score (nSPS) is 14.8. The van der Waals surface area contributed by atoms with Gasteiger partial charge in [-0.2, -0.15) is 0 Å². The number of nitrogens with one attached hydrogen (secondary N) is 1. The predicted molar refractivity (Wildman–Crippen MR) is 64.6 cm³/mol. The molecule has 0 aromatic carbocycles. The number of aromatic nitrogens is 2. The molecule has 1 aromatic heterocycles. The number of hydrogen-bond acceptors (Lipinski definition) is 2. The van der Waals surface area contributed by atoms with Gasteiger partial charge in [-0.05, 0) is 38.5 Å². The van der Waals surface area contributed by atoms with Gasteiger partial charge in [-0.1, -0.05) is 0 Å². The summed E-state index contributed by atoms with van der Waals surface area (Å²) in [6, 6.07) is 0. The summed E-state index contributed by atoms with van der Waals surface area (Å²) in [7, 11) is 0. The van der Waals surface area contributed by atoms with Gasteiger partial charge in [0.25, 0.3) is 0 Å². The topological polar surface area (TPSA) is 67.7 Å². The van der Waals surface area contributed by atoms with E-state index in [9.17, 15) is 0 Å². The smallest absolute Gasteiger partial charge is 0.0951 e. The van der Waals surface area contributed by atoms with E-state index in [1.54, 1.807) is 0 Å². The van der Waals surface area contributed by atoms with E-state index in [0.29, 0.717) is 5.84 Å². The molecule has 0 spiro atoms. The number of nitrogens with zero attached hydrogens (tertiary/aromatic N) is 2. The van der Waals surface area contributed by atoms with Crippen molar-refractivity contribution in [3.63, 3.8) is 0 Å². The third kappa shape index (κ3) is 2.62. The Morgan fingerprint density at radius 3 is 3.00 bits per heavy atom. The van der Waals surface area contributed by atoms with Gasteiger partial charge in [-0.15, -0.1) is 0 Å². The number of aryl methyl sites for hydroxylation is 2. The van der Waals surface area contributed by atoms with Crippen molar-refractivity contribution in [2.45, 2.75) is 51.5 Å². The van der Waals surface area contributed by atoms with E-state index in [-0.39, 0.29) is 0 Å². The number of nitrogens with two attached hydrogens (primary N) is 1. The molecule has 0 amide bonds. The van der Waals surface area contributed by atoms with Crippen molar-refractivity contribution in [1.29, 1.82) is 5.41 Å². The van der Waals surface area contributed by atoms with Gasteiger partial charge in [-0.3, -0.25) is 5.41 Å². The second kappa shape index (κ2) is 5.14. The van der Waals surface area contributed by atoms with Crippen molar-refractivity contribution in [3.05, 3.63) is 17.7 Å². The number of hydrogen-bond donors (Lipinski definition) is 2. The molecule has 0 radical (unpaired) electrons. The first-order chi connectivity index (χ1) is 7.77. The van der Waals surface area contributed by atoms with E-state index in [1.807, 2.05) is 6.33 Å². The number of amidine groups is 1. The van der Waals surface area contributed by atoms with Gasteiger partial charge >= 0.3 is 0 Å². The molecule has 0 saturated heterocycles. The molecule has 1 aromatic rings. The maximum Gasteiger partial charge on any atom is 0.0951 e. The molecule has 0 unspecified atom stereocenters. The van der Waals surface area contributed by atoms with Crippen LogP contribution in [0, 0.1) is 5.41 Å². The number of imidazole rings is 1. The SMILES string of the molecule is N=C(N)CCCCn1cnc2c1CCCC2. The van der Waals surface area contributed by atoms with Crippen molar-refractivity contribution < 1.29 is 0 Å². The fraction of sp³-hybridized carbons (Fsp3) is 0.667. The highest BCUT2D eigenvalue weighted by atomic mass is 15.1. The van der Waals surface area contributed by atoms with Gasteiger partial charge in [0, 0.05) is 18.7 Å². The van der Waals surface area contributed by atoms with Crippen LogP contribution in [0.2, 0.25) is 0 Å². The van der Waals surface area contributed by atoms with Crippen LogP contribution in [0.5, 0.6) is 0 Å². The summed E-state index contributed by atoms with van der Waals surface area (Å²) in [5, 5.41) is 7.16. The molecular weight excluding hydrogens is 200 g/mol. The van der Waals surface area contributed by atoms with E-state index < -0.39 is 0 Å². The lowest BCUT2D eigenvalue weighted by atomic mass is 10.0. The van der Waals surface area contributed by atoms with Gasteiger partial charge in [0.05, 0.1) is 17.9 Å². The molecule has 1 aliphatic carbocycles. The van der Waals surface area contributed by atoms with Gasteiger partial charge < -0.3 is 10.3 Å². The Bertz CT molecular complexity index is 367. The van der Waals surface area contributed by atoms with Crippen LogP contribution in [-0.2, 0) is 19.4 Å². The molecule has 0 saturated carbocycles. The fourth-order valence-electron chi connectivity index (χ4n) is 2.32. The van der Waals surface area contributed by atoms with E-state index in [2.05, 4.69) is 9.55 Å². The van der Waals surface area contributed by atoms with Crippen LogP contribution in [0.4, 0.5) is 0 Å². The largest absolute Gasteiger partial charge is 0.388 e. The van der Waals surface area contributed by atoms with Crippen molar-refractivity contribution in [2.75, 3.05) is 0 Å². The number of rotatable bonds is 5. The van der Waals surface area contributed by atoms with E-state index >= 15 is 0 Å². The Morgan fingerprint density at radius 2 is 2.19 bits per heavy atom. The third-order valence-corrected chi connectivity index (χ3v) is 3.21. The average Bonchev–Trinajstić information content (AvgIpc) is 2.68. The van der Waals surface area contributed by atoms with Crippen LogP contribution in [-0.4, -0.2) is 15.4 Å². The third-order valence-electron chi connectivity index (χ3n) is 3.21. The zero-order valence-electron chi connectivity index (χ0n) is 9.71. The first kappa shape index (κ1) is 11.2. The highest BCUT2D eigenvalue weighted by Gasteiger charge is 2.14. The Labute approximate surface area is 96.4 Å². The summed E-state index contributed by atoms with van der Waals surface area (Å²) in [5.41, 5.74) is 8.07. The van der Waals surface area contributed by atoms with Crippen molar-refractivity contribution in [2.24, 2.45) is 5.73 Å². The summed E-state index contributed by atoms with van der Waals surface area (Å²) in [6.07, 6.45) is 9.70. The Morgan fingerprint density at radius 1 is 1.38 bits per heavy atom. The first-order valence-corrected chi connectivity index (χ1v) is 6.13.